The van der Waals surface area contributed by atoms with E-state index < -0.39 is 12.1 Å². The molecule has 1 heterocycles. The van der Waals surface area contributed by atoms with E-state index in [4.69, 9.17) is 5.11 Å². The molecule has 6 heteroatoms. The molecule has 0 aromatic carbocycles. The Kier molecular flexibility index (Phi) is 3.19. The Morgan fingerprint density at radius 3 is 2.92 bits per heavy atom. The van der Waals surface area contributed by atoms with Gasteiger partial charge in [0.1, 0.15) is 11.1 Å². The van der Waals surface area contributed by atoms with Gasteiger partial charge in [-0.15, -0.1) is 11.3 Å². The van der Waals surface area contributed by atoms with Gasteiger partial charge in [-0.1, -0.05) is 0 Å². The van der Waals surface area contributed by atoms with E-state index in [0.29, 0.717) is 5.01 Å². The van der Waals surface area contributed by atoms with E-state index in [2.05, 4.69) is 20.9 Å². The zero-order valence-corrected chi connectivity index (χ0v) is 8.30. The van der Waals surface area contributed by atoms with E-state index in [-0.39, 0.29) is 6.42 Å². The number of hydrogen-bond donors (Lipinski definition) is 2. The predicted molar refractivity (Wildman–Crippen MR) is 47.0 cm³/mol. The third-order valence-electron chi connectivity index (χ3n) is 1.15. The van der Waals surface area contributed by atoms with Gasteiger partial charge in [0, 0.05) is 0 Å². The smallest absolute Gasteiger partial charge is 0.306 e. The van der Waals surface area contributed by atoms with E-state index in [9.17, 15) is 9.90 Å². The minimum atomic E-state index is -1.03. The molecule has 0 bridgehead atoms. The van der Waals surface area contributed by atoms with Gasteiger partial charge in [0.25, 0.3) is 0 Å². The number of carboxylic acid groups (broad SMARTS) is 1. The molecule has 0 amide bonds. The lowest BCUT2D eigenvalue weighted by molar-refractivity contribution is -0.139. The quantitative estimate of drug-likeness (QED) is 0.853. The second-order valence-electron chi connectivity index (χ2n) is 2.12. The highest BCUT2D eigenvalue weighted by Gasteiger charge is 2.15. The van der Waals surface area contributed by atoms with Gasteiger partial charge in [0.05, 0.1) is 16.4 Å². The van der Waals surface area contributed by atoms with Crippen molar-refractivity contribution < 1.29 is 15.0 Å². The number of aromatic nitrogens is 1. The van der Waals surface area contributed by atoms with Gasteiger partial charge in [-0.05, 0) is 15.9 Å². The number of nitrogens with zero attached hydrogens (tertiary/aromatic N) is 1. The van der Waals surface area contributed by atoms with Crippen LogP contribution in [0.5, 0.6) is 0 Å². The summed E-state index contributed by atoms with van der Waals surface area (Å²) in [7, 11) is 0. The van der Waals surface area contributed by atoms with Gasteiger partial charge in [0.15, 0.2) is 0 Å². The van der Waals surface area contributed by atoms with Crippen LogP contribution in [0.3, 0.4) is 0 Å². The summed E-state index contributed by atoms with van der Waals surface area (Å²) in [6.45, 7) is 0. The van der Waals surface area contributed by atoms with Crippen LogP contribution in [0.1, 0.15) is 17.5 Å². The highest BCUT2D eigenvalue weighted by Crippen LogP contribution is 2.25. The highest BCUT2D eigenvalue weighted by molar-refractivity contribution is 9.11. The summed E-state index contributed by atoms with van der Waals surface area (Å²) in [4.78, 5) is 14.0. The second kappa shape index (κ2) is 3.97. The largest absolute Gasteiger partial charge is 0.481 e. The van der Waals surface area contributed by atoms with Crippen LogP contribution < -0.4 is 0 Å². The van der Waals surface area contributed by atoms with Crippen LogP contribution in [-0.4, -0.2) is 21.2 Å². The number of rotatable bonds is 3. The lowest BCUT2D eigenvalue weighted by Crippen LogP contribution is -2.04. The van der Waals surface area contributed by atoms with E-state index in [0.717, 1.165) is 3.79 Å². The zero-order chi connectivity index (χ0) is 9.14. The van der Waals surface area contributed by atoms with Gasteiger partial charge >= 0.3 is 5.97 Å². The first-order valence-corrected chi connectivity index (χ1v) is 4.71. The molecule has 0 radical (unpaired) electrons. The van der Waals surface area contributed by atoms with E-state index in [1.165, 1.54) is 17.5 Å². The van der Waals surface area contributed by atoms with Crippen LogP contribution in [0.15, 0.2) is 9.98 Å². The van der Waals surface area contributed by atoms with Crippen molar-refractivity contribution in [3.05, 3.63) is 15.0 Å². The monoisotopic (exact) mass is 251 g/mol. The van der Waals surface area contributed by atoms with Crippen LogP contribution >= 0.6 is 27.3 Å². The van der Waals surface area contributed by atoms with Crippen molar-refractivity contribution in [2.75, 3.05) is 0 Å². The summed E-state index contributed by atoms with van der Waals surface area (Å²) in [6.07, 6.45) is 0.226. The maximum atomic E-state index is 10.2. The number of halogens is 1. The second-order valence-corrected chi connectivity index (χ2v) is 4.56. The Morgan fingerprint density at radius 2 is 2.50 bits per heavy atom. The lowest BCUT2D eigenvalue weighted by atomic mass is 10.3. The summed E-state index contributed by atoms with van der Waals surface area (Å²) in [5.74, 6) is -1.03. The number of aliphatic carboxylic acids is 1. The van der Waals surface area contributed by atoms with Crippen LogP contribution in [0.4, 0.5) is 0 Å². The summed E-state index contributed by atoms with van der Waals surface area (Å²) >= 11 is 4.39. The Balaban J connectivity index is 2.64. The van der Waals surface area contributed by atoms with Gasteiger partial charge < -0.3 is 10.2 Å². The molecule has 0 aliphatic rings. The van der Waals surface area contributed by atoms with Crippen LogP contribution in [0, 0.1) is 0 Å². The maximum absolute atomic E-state index is 10.2. The summed E-state index contributed by atoms with van der Waals surface area (Å²) in [5, 5.41) is 18.0. The van der Waals surface area contributed by atoms with Crippen molar-refractivity contribution in [2.45, 2.75) is 12.5 Å². The molecule has 0 spiro atoms. The Morgan fingerprint density at radius 1 is 1.83 bits per heavy atom. The number of carbonyl (C=O) groups is 1. The first-order valence-electron chi connectivity index (χ1n) is 3.10. The molecule has 0 aliphatic carbocycles. The summed E-state index contributed by atoms with van der Waals surface area (Å²) in [6, 6.07) is 0. The zero-order valence-electron chi connectivity index (χ0n) is 5.90. The number of aliphatic hydroxyl groups excluding tert-OH is 1. The molecular weight excluding hydrogens is 246 g/mol. The van der Waals surface area contributed by atoms with E-state index in [1.54, 1.807) is 0 Å². The van der Waals surface area contributed by atoms with Crippen LogP contribution in [0.25, 0.3) is 0 Å². The molecule has 0 saturated carbocycles. The topological polar surface area (TPSA) is 70.4 Å². The minimum absolute atomic E-state index is 0.306. The highest BCUT2D eigenvalue weighted by atomic mass is 79.9. The Hall–Kier alpha value is -0.460. The van der Waals surface area contributed by atoms with Gasteiger partial charge in [-0.3, -0.25) is 4.79 Å². The van der Waals surface area contributed by atoms with Gasteiger partial charge in [-0.2, -0.15) is 0 Å². The first kappa shape index (κ1) is 9.63. The van der Waals surface area contributed by atoms with Gasteiger partial charge in [0.2, 0.25) is 0 Å². The van der Waals surface area contributed by atoms with Crippen molar-refractivity contribution in [3.63, 3.8) is 0 Å². The van der Waals surface area contributed by atoms with Crippen LogP contribution in [-0.2, 0) is 4.79 Å². The number of aliphatic hydroxyl groups is 1. The fourth-order valence-electron chi connectivity index (χ4n) is 0.674. The molecule has 12 heavy (non-hydrogen) atoms. The van der Waals surface area contributed by atoms with E-state index in [1.807, 2.05) is 0 Å². The fourth-order valence-corrected chi connectivity index (χ4v) is 1.90. The number of hydrogen-bond acceptors (Lipinski definition) is 4. The molecule has 0 unspecified atom stereocenters. The van der Waals surface area contributed by atoms with Crippen molar-refractivity contribution in [1.82, 2.24) is 4.98 Å². The molecule has 0 fully saturated rings. The van der Waals surface area contributed by atoms with E-state index >= 15 is 0 Å². The van der Waals surface area contributed by atoms with Crippen molar-refractivity contribution in [1.29, 1.82) is 0 Å². The Bertz CT molecular complexity index is 288. The molecule has 0 aliphatic heterocycles. The normalized spacial score (nSPS) is 12.8. The maximum Gasteiger partial charge on any atom is 0.306 e. The molecule has 1 atom stereocenters. The molecule has 1 rings (SSSR count). The summed E-state index contributed by atoms with van der Waals surface area (Å²) in [5.41, 5.74) is 0. The van der Waals surface area contributed by atoms with Crippen molar-refractivity contribution in [2.24, 2.45) is 0 Å². The van der Waals surface area contributed by atoms with Gasteiger partial charge in [-0.25, -0.2) is 4.98 Å². The summed E-state index contributed by atoms with van der Waals surface area (Å²) < 4.78 is 0.780. The molecule has 2 N–H and O–H groups in total. The molecule has 1 aromatic rings. The molecular formula is C6H6BrNO3S. The fraction of sp³-hybridized carbons (Fsp3) is 0.333. The van der Waals surface area contributed by atoms with Crippen molar-refractivity contribution in [3.8, 4) is 0 Å². The lowest BCUT2D eigenvalue weighted by Gasteiger charge is -2.01. The number of thiazole rings is 1. The third-order valence-corrected chi connectivity index (χ3v) is 2.73. The van der Waals surface area contributed by atoms with Crippen molar-refractivity contribution >= 4 is 33.2 Å². The van der Waals surface area contributed by atoms with Crippen LogP contribution in [0.2, 0.25) is 0 Å². The minimum Gasteiger partial charge on any atom is -0.481 e. The molecule has 4 nitrogen and oxygen atoms in total. The number of carboxylic acids is 1. The molecule has 1 aromatic heterocycles. The average Bonchev–Trinajstić information content (AvgIpc) is 2.34. The Labute approximate surface area is 81.0 Å². The average molecular weight is 252 g/mol. The third kappa shape index (κ3) is 2.54. The first-order chi connectivity index (χ1) is 5.59. The molecule has 66 valence electrons. The SMILES string of the molecule is O=C(O)C[C@H](O)c1ncc(Br)s1. The predicted octanol–water partition coefficient (Wildman–Crippen LogP) is 1.41. The standard InChI is InChI=1S/C6H6BrNO3S/c7-4-2-8-6(12-4)3(9)1-5(10)11/h2-3,9H,1H2,(H,10,11)/t3-/m0/s1. The molecule has 0 saturated heterocycles.